The van der Waals surface area contributed by atoms with E-state index in [-0.39, 0.29) is 24.0 Å². The van der Waals surface area contributed by atoms with Crippen molar-refractivity contribution in [2.45, 2.75) is 18.2 Å². The number of aliphatic hydroxyl groups excluding tert-OH is 1. The van der Waals surface area contributed by atoms with Gasteiger partial charge in [0.05, 0.1) is 0 Å². The molecule has 0 aliphatic rings. The van der Waals surface area contributed by atoms with Crippen molar-refractivity contribution in [3.63, 3.8) is 0 Å². The summed E-state index contributed by atoms with van der Waals surface area (Å²) in [6.07, 6.45) is 0. The molecule has 0 spiro atoms. The molecule has 5 nitrogen and oxygen atoms in total. The van der Waals surface area contributed by atoms with E-state index in [2.05, 4.69) is 20.7 Å². The largest absolute Gasteiger partial charge is 0.446 e. The maximum absolute atomic E-state index is 11.9. The highest BCUT2D eigenvalue weighted by molar-refractivity contribution is 9.10. The predicted octanol–water partition coefficient (Wildman–Crippen LogP) is 2.07. The quantitative estimate of drug-likeness (QED) is 0.864. The normalized spacial score (nSPS) is 11.9. The Morgan fingerprint density at radius 2 is 2.17 bits per heavy atom. The third-order valence-corrected chi connectivity index (χ3v) is 5.37. The maximum atomic E-state index is 11.9. The zero-order chi connectivity index (χ0) is 13.2. The third kappa shape index (κ3) is 3.01. The van der Waals surface area contributed by atoms with Crippen LogP contribution in [-0.2, 0) is 23.2 Å². The SMILES string of the molecule is O=S(=O)(NCc1sccc1Br)c1ccc(CO)o1. The molecule has 98 valence electrons. The van der Waals surface area contributed by atoms with Gasteiger partial charge in [-0.15, -0.1) is 11.3 Å². The zero-order valence-electron chi connectivity index (χ0n) is 9.09. The molecule has 0 atom stereocenters. The number of hydrogen-bond donors (Lipinski definition) is 2. The summed E-state index contributed by atoms with van der Waals surface area (Å²) in [5.74, 6) is 0.215. The highest BCUT2D eigenvalue weighted by atomic mass is 79.9. The molecule has 8 heteroatoms. The van der Waals surface area contributed by atoms with Gasteiger partial charge in [-0.2, -0.15) is 0 Å². The van der Waals surface area contributed by atoms with E-state index in [0.717, 1.165) is 9.35 Å². The van der Waals surface area contributed by atoms with Gasteiger partial charge < -0.3 is 9.52 Å². The van der Waals surface area contributed by atoms with Crippen molar-refractivity contribution in [3.05, 3.63) is 38.7 Å². The predicted molar refractivity (Wildman–Crippen MR) is 70.7 cm³/mol. The molecule has 0 aliphatic heterocycles. The van der Waals surface area contributed by atoms with Gasteiger partial charge in [-0.05, 0) is 39.5 Å². The molecular formula is C10H10BrNO4S2. The highest BCUT2D eigenvalue weighted by Gasteiger charge is 2.19. The van der Waals surface area contributed by atoms with Crippen LogP contribution in [0.3, 0.4) is 0 Å². The van der Waals surface area contributed by atoms with E-state index < -0.39 is 10.0 Å². The number of furan rings is 1. The van der Waals surface area contributed by atoms with Crippen molar-refractivity contribution in [2.24, 2.45) is 0 Å². The molecule has 0 saturated heterocycles. The Balaban J connectivity index is 2.10. The van der Waals surface area contributed by atoms with Crippen molar-refractivity contribution in [1.82, 2.24) is 4.72 Å². The number of aliphatic hydroxyl groups is 1. The first-order chi connectivity index (χ1) is 8.53. The molecule has 2 rings (SSSR count). The molecule has 2 aromatic heterocycles. The Morgan fingerprint density at radius 3 is 2.72 bits per heavy atom. The lowest BCUT2D eigenvalue weighted by molar-refractivity contribution is 0.236. The summed E-state index contributed by atoms with van der Waals surface area (Å²) in [6, 6.07) is 4.60. The van der Waals surface area contributed by atoms with Crippen LogP contribution in [-0.4, -0.2) is 13.5 Å². The molecule has 0 unspecified atom stereocenters. The topological polar surface area (TPSA) is 79.5 Å². The van der Waals surface area contributed by atoms with Gasteiger partial charge in [0.15, 0.2) is 0 Å². The first-order valence-corrected chi connectivity index (χ1v) is 8.09. The minimum atomic E-state index is -3.68. The average molecular weight is 352 g/mol. The van der Waals surface area contributed by atoms with Crippen LogP contribution in [0, 0.1) is 0 Å². The number of sulfonamides is 1. The Hall–Kier alpha value is -0.670. The van der Waals surface area contributed by atoms with Crippen LogP contribution in [0.1, 0.15) is 10.6 Å². The molecule has 0 bridgehead atoms. The minimum absolute atomic E-state index is 0.190. The van der Waals surface area contributed by atoms with Gasteiger partial charge in [-0.3, -0.25) is 0 Å². The van der Waals surface area contributed by atoms with Crippen molar-refractivity contribution < 1.29 is 17.9 Å². The van der Waals surface area contributed by atoms with Crippen LogP contribution in [0.25, 0.3) is 0 Å². The van der Waals surface area contributed by atoms with Crippen LogP contribution in [0.2, 0.25) is 0 Å². The Morgan fingerprint density at radius 1 is 1.39 bits per heavy atom. The monoisotopic (exact) mass is 351 g/mol. The van der Waals surface area contributed by atoms with Crippen molar-refractivity contribution in [3.8, 4) is 0 Å². The molecule has 2 heterocycles. The molecule has 0 amide bonds. The standard InChI is InChI=1S/C10H10BrNO4S2/c11-8-3-4-17-9(8)5-12-18(14,15)10-2-1-7(6-13)16-10/h1-4,12-13H,5-6H2. The smallest absolute Gasteiger partial charge is 0.274 e. The molecule has 2 aromatic rings. The molecule has 0 saturated carbocycles. The molecule has 0 aliphatic carbocycles. The first-order valence-electron chi connectivity index (χ1n) is 4.94. The molecule has 0 radical (unpaired) electrons. The van der Waals surface area contributed by atoms with E-state index in [1.165, 1.54) is 23.5 Å². The van der Waals surface area contributed by atoms with E-state index in [4.69, 9.17) is 9.52 Å². The molecule has 0 fully saturated rings. The number of hydrogen-bond acceptors (Lipinski definition) is 5. The van der Waals surface area contributed by atoms with Crippen molar-refractivity contribution >= 4 is 37.3 Å². The summed E-state index contributed by atoms with van der Waals surface area (Å²) in [5, 5.41) is 10.5. The second-order valence-electron chi connectivity index (χ2n) is 3.40. The van der Waals surface area contributed by atoms with Crippen molar-refractivity contribution in [1.29, 1.82) is 0 Å². The van der Waals surface area contributed by atoms with Gasteiger partial charge >= 0.3 is 0 Å². The van der Waals surface area contributed by atoms with E-state index >= 15 is 0 Å². The Labute approximate surface area is 117 Å². The lowest BCUT2D eigenvalue weighted by atomic mass is 10.5. The van der Waals surface area contributed by atoms with Crippen LogP contribution in [0.15, 0.2) is 37.6 Å². The van der Waals surface area contributed by atoms with Gasteiger partial charge in [0.2, 0.25) is 5.09 Å². The number of thiophene rings is 1. The Bertz CT molecular complexity index is 632. The number of nitrogens with one attached hydrogen (secondary N) is 1. The lowest BCUT2D eigenvalue weighted by Crippen LogP contribution is -2.22. The third-order valence-electron chi connectivity index (χ3n) is 2.17. The van der Waals surface area contributed by atoms with Crippen molar-refractivity contribution in [2.75, 3.05) is 0 Å². The van der Waals surface area contributed by atoms with Gasteiger partial charge in [0.25, 0.3) is 10.0 Å². The highest BCUT2D eigenvalue weighted by Crippen LogP contribution is 2.23. The fraction of sp³-hybridized carbons (Fsp3) is 0.200. The van der Waals surface area contributed by atoms with Gasteiger partial charge in [-0.1, -0.05) is 0 Å². The number of rotatable bonds is 5. The van der Waals surface area contributed by atoms with Crippen LogP contribution in [0.5, 0.6) is 0 Å². The maximum Gasteiger partial charge on any atom is 0.274 e. The number of halogens is 1. The van der Waals surface area contributed by atoms with Gasteiger partial charge in [-0.25, -0.2) is 13.1 Å². The summed E-state index contributed by atoms with van der Waals surface area (Å²) in [4.78, 5) is 0.882. The fourth-order valence-electron chi connectivity index (χ4n) is 1.27. The van der Waals surface area contributed by atoms with Crippen LogP contribution >= 0.6 is 27.3 Å². The van der Waals surface area contributed by atoms with E-state index in [9.17, 15) is 8.42 Å². The van der Waals surface area contributed by atoms with Gasteiger partial charge in [0.1, 0.15) is 12.4 Å². The minimum Gasteiger partial charge on any atom is -0.446 e. The molecule has 18 heavy (non-hydrogen) atoms. The zero-order valence-corrected chi connectivity index (χ0v) is 12.3. The summed E-state index contributed by atoms with van der Waals surface area (Å²) < 4.78 is 32.0. The van der Waals surface area contributed by atoms with E-state index in [1.54, 1.807) is 0 Å². The van der Waals surface area contributed by atoms with Gasteiger partial charge in [0, 0.05) is 15.9 Å². The van der Waals surface area contributed by atoms with E-state index in [1.807, 2.05) is 11.4 Å². The first kappa shape index (κ1) is 13.8. The summed E-state index contributed by atoms with van der Waals surface area (Å²) in [5.41, 5.74) is 0. The summed E-state index contributed by atoms with van der Waals surface area (Å²) in [7, 11) is -3.68. The average Bonchev–Trinajstić information content (AvgIpc) is 2.95. The van der Waals surface area contributed by atoms with E-state index in [0.29, 0.717) is 0 Å². The van der Waals surface area contributed by atoms with Crippen LogP contribution in [0.4, 0.5) is 0 Å². The fourth-order valence-corrected chi connectivity index (χ4v) is 3.73. The molecule has 2 N–H and O–H groups in total. The summed E-state index contributed by atoms with van der Waals surface area (Å²) in [6.45, 7) is -0.137. The Kier molecular flexibility index (Phi) is 4.23. The molecule has 0 aromatic carbocycles. The lowest BCUT2D eigenvalue weighted by Gasteiger charge is -2.03. The molecular weight excluding hydrogens is 342 g/mol. The van der Waals surface area contributed by atoms with Crippen LogP contribution < -0.4 is 4.72 Å². The second kappa shape index (κ2) is 5.54. The summed E-state index contributed by atoms with van der Waals surface area (Å²) >= 11 is 4.78. The second-order valence-corrected chi connectivity index (χ2v) is 6.95.